The summed E-state index contributed by atoms with van der Waals surface area (Å²) in [7, 11) is 0. The van der Waals surface area contributed by atoms with Crippen molar-refractivity contribution in [3.8, 4) is 0 Å². The Hall–Kier alpha value is -1.58. The highest BCUT2D eigenvalue weighted by atomic mass is 16.1. The van der Waals surface area contributed by atoms with Gasteiger partial charge in [-0.2, -0.15) is 0 Å². The van der Waals surface area contributed by atoms with E-state index in [0.29, 0.717) is 11.3 Å². The van der Waals surface area contributed by atoms with Gasteiger partial charge in [0.1, 0.15) is 0 Å². The van der Waals surface area contributed by atoms with Crippen molar-refractivity contribution in [2.75, 3.05) is 12.3 Å². The highest BCUT2D eigenvalue weighted by Gasteiger charge is 2.19. The second-order valence-corrected chi connectivity index (χ2v) is 6.08. The number of nitrogens with one attached hydrogen (secondary N) is 1. The molecule has 1 aliphatic carbocycles. The summed E-state index contributed by atoms with van der Waals surface area (Å²) in [4.78, 5) is 16.2. The minimum atomic E-state index is -0.0637. The van der Waals surface area contributed by atoms with Crippen molar-refractivity contribution in [2.45, 2.75) is 46.0 Å². The molecule has 20 heavy (non-hydrogen) atoms. The molecule has 0 aromatic carbocycles. The van der Waals surface area contributed by atoms with E-state index < -0.39 is 0 Å². The molecule has 2 rings (SSSR count). The molecule has 1 heterocycles. The van der Waals surface area contributed by atoms with Crippen molar-refractivity contribution in [3.05, 3.63) is 23.5 Å². The average Bonchev–Trinajstić information content (AvgIpc) is 2.41. The molecule has 1 aromatic rings. The predicted molar refractivity (Wildman–Crippen MR) is 81.5 cm³/mol. The molecule has 0 spiro atoms. The van der Waals surface area contributed by atoms with Crippen LogP contribution in [0.25, 0.3) is 0 Å². The van der Waals surface area contributed by atoms with Crippen LogP contribution in [0.1, 0.15) is 55.1 Å². The number of aryl methyl sites for hydroxylation is 1. The van der Waals surface area contributed by atoms with E-state index in [1.165, 1.54) is 25.7 Å². The molecule has 0 saturated heterocycles. The lowest BCUT2D eigenvalue weighted by Crippen LogP contribution is -2.28. The number of carbonyl (C=O) groups excluding carboxylic acids is 1. The van der Waals surface area contributed by atoms with Crippen molar-refractivity contribution < 1.29 is 4.79 Å². The van der Waals surface area contributed by atoms with E-state index in [2.05, 4.69) is 17.2 Å². The van der Waals surface area contributed by atoms with Gasteiger partial charge in [0.25, 0.3) is 5.91 Å². The van der Waals surface area contributed by atoms with Crippen molar-refractivity contribution in [2.24, 2.45) is 11.8 Å². The number of pyridine rings is 1. The molecule has 0 bridgehead atoms. The zero-order chi connectivity index (χ0) is 14.5. The van der Waals surface area contributed by atoms with Gasteiger partial charge in [0.05, 0.1) is 23.1 Å². The van der Waals surface area contributed by atoms with E-state index in [1.807, 2.05) is 6.92 Å². The van der Waals surface area contributed by atoms with E-state index in [1.54, 1.807) is 12.3 Å². The van der Waals surface area contributed by atoms with Gasteiger partial charge in [0.2, 0.25) is 0 Å². The first kappa shape index (κ1) is 14.8. The monoisotopic (exact) mass is 275 g/mol. The number of rotatable bonds is 4. The molecule has 4 nitrogen and oxygen atoms in total. The van der Waals surface area contributed by atoms with Crippen molar-refractivity contribution in [1.29, 1.82) is 0 Å². The summed E-state index contributed by atoms with van der Waals surface area (Å²) in [5, 5.41) is 2.99. The molecule has 3 N–H and O–H groups in total. The molecule has 0 radical (unpaired) electrons. The van der Waals surface area contributed by atoms with Crippen molar-refractivity contribution >= 4 is 11.6 Å². The first-order chi connectivity index (χ1) is 9.56. The Labute approximate surface area is 121 Å². The number of hydrogen-bond donors (Lipinski definition) is 2. The third-order valence-corrected chi connectivity index (χ3v) is 4.24. The van der Waals surface area contributed by atoms with Crippen LogP contribution in [0.2, 0.25) is 0 Å². The van der Waals surface area contributed by atoms with Crippen molar-refractivity contribution in [1.82, 2.24) is 10.3 Å². The lowest BCUT2D eigenvalue weighted by Gasteiger charge is -2.26. The number of nitrogens with zero attached hydrogens (tertiary/aromatic N) is 1. The summed E-state index contributed by atoms with van der Waals surface area (Å²) in [6, 6.07) is 1.69. The quantitative estimate of drug-likeness (QED) is 0.887. The fourth-order valence-corrected chi connectivity index (χ4v) is 3.09. The van der Waals surface area contributed by atoms with Gasteiger partial charge in [-0.1, -0.05) is 26.2 Å². The van der Waals surface area contributed by atoms with E-state index >= 15 is 0 Å². The number of carbonyl (C=O) groups is 1. The normalized spacial score (nSPS) is 22.5. The standard InChI is InChI=1S/C16H25N3O/c1-11-4-3-5-13(8-11)6-7-18-16(20)15-9-14(17)10-19-12(15)2/h9-11,13H,3-8,17H2,1-2H3,(H,18,20). The first-order valence-electron chi connectivity index (χ1n) is 7.56. The number of anilines is 1. The summed E-state index contributed by atoms with van der Waals surface area (Å²) in [6.07, 6.45) is 7.95. The largest absolute Gasteiger partial charge is 0.397 e. The van der Waals surface area contributed by atoms with Gasteiger partial charge in [-0.3, -0.25) is 9.78 Å². The minimum absolute atomic E-state index is 0.0637. The van der Waals surface area contributed by atoms with Gasteiger partial charge in [-0.25, -0.2) is 0 Å². The Morgan fingerprint density at radius 2 is 2.30 bits per heavy atom. The van der Waals surface area contributed by atoms with Gasteiger partial charge in [-0.15, -0.1) is 0 Å². The van der Waals surface area contributed by atoms with Crippen LogP contribution >= 0.6 is 0 Å². The fraction of sp³-hybridized carbons (Fsp3) is 0.625. The Kier molecular flexibility index (Phi) is 4.99. The molecule has 2 atom stereocenters. The van der Waals surface area contributed by atoms with Crippen LogP contribution in [0, 0.1) is 18.8 Å². The summed E-state index contributed by atoms with van der Waals surface area (Å²) < 4.78 is 0. The van der Waals surface area contributed by atoms with Crippen LogP contribution in [-0.2, 0) is 0 Å². The predicted octanol–water partition coefficient (Wildman–Crippen LogP) is 2.92. The SMILES string of the molecule is Cc1ncc(N)cc1C(=O)NCCC1CCCC(C)C1. The highest BCUT2D eigenvalue weighted by Crippen LogP contribution is 2.30. The van der Waals surface area contributed by atoms with E-state index in [0.717, 1.165) is 30.5 Å². The lowest BCUT2D eigenvalue weighted by molar-refractivity contribution is 0.0948. The summed E-state index contributed by atoms with van der Waals surface area (Å²) in [5.74, 6) is 1.54. The smallest absolute Gasteiger partial charge is 0.253 e. The summed E-state index contributed by atoms with van der Waals surface area (Å²) in [5.41, 5.74) is 7.52. The number of aromatic nitrogens is 1. The van der Waals surface area contributed by atoms with Crippen LogP contribution in [-0.4, -0.2) is 17.4 Å². The molecule has 2 unspecified atom stereocenters. The Bertz CT molecular complexity index is 473. The zero-order valence-corrected chi connectivity index (χ0v) is 12.5. The maximum atomic E-state index is 12.1. The van der Waals surface area contributed by atoms with Crippen LogP contribution in [0.4, 0.5) is 5.69 Å². The average molecular weight is 275 g/mol. The van der Waals surface area contributed by atoms with E-state index in [-0.39, 0.29) is 5.91 Å². The van der Waals surface area contributed by atoms with Crippen LogP contribution in [0.3, 0.4) is 0 Å². The first-order valence-corrected chi connectivity index (χ1v) is 7.56. The molecule has 0 aliphatic heterocycles. The summed E-state index contributed by atoms with van der Waals surface area (Å²) >= 11 is 0. The van der Waals surface area contributed by atoms with E-state index in [4.69, 9.17) is 5.73 Å². The highest BCUT2D eigenvalue weighted by molar-refractivity contribution is 5.95. The molecule has 4 heteroatoms. The number of hydrogen-bond acceptors (Lipinski definition) is 3. The Morgan fingerprint density at radius 1 is 1.50 bits per heavy atom. The maximum absolute atomic E-state index is 12.1. The Balaban J connectivity index is 1.81. The molecular formula is C16H25N3O. The molecule has 1 aliphatic rings. The maximum Gasteiger partial charge on any atom is 0.253 e. The molecule has 1 fully saturated rings. The Morgan fingerprint density at radius 3 is 3.05 bits per heavy atom. The third kappa shape index (κ3) is 3.95. The van der Waals surface area contributed by atoms with E-state index in [9.17, 15) is 4.79 Å². The topological polar surface area (TPSA) is 68.0 Å². The summed E-state index contributed by atoms with van der Waals surface area (Å²) in [6.45, 7) is 4.90. The zero-order valence-electron chi connectivity index (χ0n) is 12.5. The van der Waals surface area contributed by atoms with Gasteiger partial charge in [0.15, 0.2) is 0 Å². The molecule has 1 amide bonds. The van der Waals surface area contributed by atoms with Crippen LogP contribution < -0.4 is 11.1 Å². The van der Waals surface area contributed by atoms with Gasteiger partial charge in [-0.05, 0) is 37.7 Å². The van der Waals surface area contributed by atoms with Gasteiger partial charge >= 0.3 is 0 Å². The van der Waals surface area contributed by atoms with Crippen LogP contribution in [0.5, 0.6) is 0 Å². The second kappa shape index (κ2) is 6.73. The third-order valence-electron chi connectivity index (χ3n) is 4.24. The van der Waals surface area contributed by atoms with Crippen molar-refractivity contribution in [3.63, 3.8) is 0 Å². The minimum Gasteiger partial charge on any atom is -0.397 e. The lowest BCUT2D eigenvalue weighted by atomic mass is 9.81. The fourth-order valence-electron chi connectivity index (χ4n) is 3.09. The van der Waals surface area contributed by atoms with Gasteiger partial charge < -0.3 is 11.1 Å². The number of nitrogens with two attached hydrogens (primary N) is 1. The number of amides is 1. The molecule has 1 aromatic heterocycles. The molecular weight excluding hydrogens is 250 g/mol. The van der Waals surface area contributed by atoms with Crippen LogP contribution in [0.15, 0.2) is 12.3 Å². The number of nitrogen functional groups attached to an aromatic ring is 1. The molecule has 1 saturated carbocycles. The second-order valence-electron chi connectivity index (χ2n) is 6.08. The molecule has 110 valence electrons. The van der Waals surface area contributed by atoms with Gasteiger partial charge in [0, 0.05) is 6.54 Å².